The van der Waals surface area contributed by atoms with E-state index in [2.05, 4.69) is 0 Å². The second kappa shape index (κ2) is 11.4. The number of hydrogen-bond donors (Lipinski definition) is 2. The molecule has 0 aromatic heterocycles. The largest absolute Gasteiger partial charge is 0.508 e. The van der Waals surface area contributed by atoms with E-state index in [1.807, 2.05) is 0 Å². The standard InChI is InChI=1S/2C15H11NO5/c2*17-9-5-6-14-11(7-9)13(18)8-15(21-14)10-3-1-2-4-12(10)16(19)20/h2*1-7,15,17H,8H2. The summed E-state index contributed by atoms with van der Waals surface area (Å²) in [6.07, 6.45) is -1.39. The van der Waals surface area contributed by atoms with Gasteiger partial charge in [-0.05, 0) is 48.5 Å². The molecule has 2 aliphatic heterocycles. The summed E-state index contributed by atoms with van der Waals surface area (Å²) in [5, 5.41) is 41.0. The van der Waals surface area contributed by atoms with Crippen LogP contribution in [0.1, 0.15) is 56.9 Å². The molecule has 2 aliphatic rings. The van der Waals surface area contributed by atoms with Crippen molar-refractivity contribution < 1.29 is 39.1 Å². The van der Waals surface area contributed by atoms with Gasteiger partial charge in [-0.3, -0.25) is 29.8 Å². The number of Topliss-reactive ketones (excluding diaryl/α,β-unsaturated/α-hetero) is 2. The van der Waals surface area contributed by atoms with Gasteiger partial charge in [0.2, 0.25) is 0 Å². The summed E-state index contributed by atoms with van der Waals surface area (Å²) in [5.41, 5.74) is 1.19. The lowest BCUT2D eigenvalue weighted by Crippen LogP contribution is -2.21. The maximum absolute atomic E-state index is 12.1. The van der Waals surface area contributed by atoms with Gasteiger partial charge in [-0.1, -0.05) is 24.3 Å². The third kappa shape index (κ3) is 5.59. The van der Waals surface area contributed by atoms with Gasteiger partial charge in [-0.2, -0.15) is 0 Å². The molecule has 0 saturated carbocycles. The first-order chi connectivity index (χ1) is 20.1. The number of nitrogens with zero attached hydrogens (tertiary/aromatic N) is 2. The summed E-state index contributed by atoms with van der Waals surface area (Å²) >= 11 is 0. The van der Waals surface area contributed by atoms with Gasteiger partial charge >= 0.3 is 0 Å². The van der Waals surface area contributed by atoms with Crippen LogP contribution in [0.15, 0.2) is 84.9 Å². The third-order valence-corrected chi connectivity index (χ3v) is 6.77. The van der Waals surface area contributed by atoms with Gasteiger partial charge in [0.1, 0.15) is 35.2 Å². The summed E-state index contributed by atoms with van der Waals surface area (Å²) in [6.45, 7) is 0. The zero-order chi connectivity index (χ0) is 30.0. The zero-order valence-electron chi connectivity index (χ0n) is 21.7. The Morgan fingerprint density at radius 3 is 1.38 bits per heavy atom. The number of rotatable bonds is 4. The lowest BCUT2D eigenvalue weighted by molar-refractivity contribution is -0.386. The van der Waals surface area contributed by atoms with Crippen LogP contribution in [0.2, 0.25) is 0 Å². The van der Waals surface area contributed by atoms with Crippen LogP contribution in [-0.4, -0.2) is 31.6 Å². The molecule has 0 aliphatic carbocycles. The summed E-state index contributed by atoms with van der Waals surface area (Å²) in [7, 11) is 0. The molecule has 2 atom stereocenters. The zero-order valence-corrected chi connectivity index (χ0v) is 21.7. The Bertz CT molecular complexity index is 1610. The molecule has 0 radical (unpaired) electrons. The van der Waals surface area contributed by atoms with Crippen molar-refractivity contribution in [1.29, 1.82) is 0 Å². The minimum Gasteiger partial charge on any atom is -0.508 e. The van der Waals surface area contributed by atoms with E-state index < -0.39 is 22.1 Å². The second-order valence-corrected chi connectivity index (χ2v) is 9.46. The molecule has 6 rings (SSSR count). The van der Waals surface area contributed by atoms with E-state index in [1.54, 1.807) is 36.4 Å². The highest BCUT2D eigenvalue weighted by Gasteiger charge is 2.33. The van der Waals surface area contributed by atoms with E-state index in [1.165, 1.54) is 48.5 Å². The molecule has 0 saturated heterocycles. The van der Waals surface area contributed by atoms with Crippen molar-refractivity contribution in [3.05, 3.63) is 127 Å². The molecule has 0 fully saturated rings. The SMILES string of the molecule is O=C1CC(c2ccccc2[N+](=O)[O-])Oc2ccc(O)cc21.O=C1CC(c2ccccc2[N+](=O)[O-])Oc2ccc(O)cc21. The number of phenolic OH excluding ortho intramolecular Hbond substituents is 2. The first-order valence-electron chi connectivity index (χ1n) is 12.6. The van der Waals surface area contributed by atoms with Crippen LogP contribution in [-0.2, 0) is 0 Å². The van der Waals surface area contributed by atoms with Crippen molar-refractivity contribution in [2.75, 3.05) is 0 Å². The molecule has 2 N–H and O–H groups in total. The Morgan fingerprint density at radius 1 is 0.619 bits per heavy atom. The van der Waals surface area contributed by atoms with E-state index in [9.17, 15) is 40.0 Å². The Balaban J connectivity index is 0.000000168. The summed E-state index contributed by atoms with van der Waals surface area (Å²) in [4.78, 5) is 45.4. The average molecular weight is 571 g/mol. The maximum Gasteiger partial charge on any atom is 0.276 e. The van der Waals surface area contributed by atoms with E-state index in [0.29, 0.717) is 33.8 Å². The summed E-state index contributed by atoms with van der Waals surface area (Å²) in [6, 6.07) is 20.9. The molecule has 2 unspecified atom stereocenters. The Hall–Kier alpha value is -5.78. The number of fused-ring (bicyclic) bond motifs is 2. The molecule has 0 amide bonds. The number of aromatic hydroxyl groups is 2. The fourth-order valence-electron chi connectivity index (χ4n) is 4.82. The smallest absolute Gasteiger partial charge is 0.276 e. The maximum atomic E-state index is 12.1. The molecule has 12 heteroatoms. The van der Waals surface area contributed by atoms with E-state index >= 15 is 0 Å². The molecule has 12 nitrogen and oxygen atoms in total. The number of carbonyl (C=O) groups excluding carboxylic acids is 2. The highest BCUT2D eigenvalue weighted by atomic mass is 16.6. The second-order valence-electron chi connectivity index (χ2n) is 9.46. The minimum absolute atomic E-state index is 0.00130. The van der Waals surface area contributed by atoms with E-state index in [0.717, 1.165) is 0 Å². The highest BCUT2D eigenvalue weighted by molar-refractivity contribution is 6.01. The van der Waals surface area contributed by atoms with Crippen LogP contribution in [0.5, 0.6) is 23.0 Å². The highest BCUT2D eigenvalue weighted by Crippen LogP contribution is 2.40. The number of nitro groups is 2. The Kier molecular flexibility index (Phi) is 7.52. The molecule has 212 valence electrons. The number of ether oxygens (including phenoxy) is 2. The lowest BCUT2D eigenvalue weighted by Gasteiger charge is -2.25. The molecule has 0 bridgehead atoms. The van der Waals surface area contributed by atoms with Crippen LogP contribution in [0.3, 0.4) is 0 Å². The molecule has 2 heterocycles. The van der Waals surface area contributed by atoms with Gasteiger partial charge in [0.15, 0.2) is 11.6 Å². The number of para-hydroxylation sites is 2. The van der Waals surface area contributed by atoms with E-state index in [4.69, 9.17) is 9.47 Å². The molecule has 0 spiro atoms. The number of carbonyl (C=O) groups is 2. The van der Waals surface area contributed by atoms with Crippen LogP contribution >= 0.6 is 0 Å². The Morgan fingerprint density at radius 2 is 1.00 bits per heavy atom. The molecule has 4 aromatic carbocycles. The van der Waals surface area contributed by atoms with Gasteiger partial charge in [-0.25, -0.2) is 0 Å². The third-order valence-electron chi connectivity index (χ3n) is 6.77. The van der Waals surface area contributed by atoms with Gasteiger partial charge in [0.05, 0.1) is 44.9 Å². The number of hydrogen-bond acceptors (Lipinski definition) is 10. The van der Waals surface area contributed by atoms with Crippen molar-refractivity contribution in [3.63, 3.8) is 0 Å². The van der Waals surface area contributed by atoms with Crippen LogP contribution < -0.4 is 9.47 Å². The van der Waals surface area contributed by atoms with E-state index in [-0.39, 0.29) is 47.3 Å². The molecular formula is C30H22N2O10. The van der Waals surface area contributed by atoms with Gasteiger partial charge in [0, 0.05) is 12.1 Å². The van der Waals surface area contributed by atoms with Gasteiger partial charge in [0.25, 0.3) is 11.4 Å². The molecule has 42 heavy (non-hydrogen) atoms. The van der Waals surface area contributed by atoms with Crippen LogP contribution in [0.25, 0.3) is 0 Å². The van der Waals surface area contributed by atoms with Crippen molar-refractivity contribution in [3.8, 4) is 23.0 Å². The topological polar surface area (TPSA) is 179 Å². The number of ketones is 2. The first-order valence-corrected chi connectivity index (χ1v) is 12.6. The quantitative estimate of drug-likeness (QED) is 0.218. The summed E-state index contributed by atoms with van der Waals surface area (Å²) < 4.78 is 11.4. The number of phenols is 2. The number of nitro benzene ring substituents is 2. The fourth-order valence-corrected chi connectivity index (χ4v) is 4.82. The lowest BCUT2D eigenvalue weighted by atomic mass is 9.95. The Labute approximate surface area is 237 Å². The van der Waals surface area contributed by atoms with Crippen molar-refractivity contribution in [2.45, 2.75) is 25.0 Å². The van der Waals surface area contributed by atoms with Crippen molar-refractivity contribution in [1.82, 2.24) is 0 Å². The normalized spacial score (nSPS) is 17.0. The number of benzene rings is 4. The molecular weight excluding hydrogens is 548 g/mol. The minimum atomic E-state index is -0.698. The van der Waals surface area contributed by atoms with Crippen molar-refractivity contribution >= 4 is 22.9 Å². The summed E-state index contributed by atoms with van der Waals surface area (Å²) in [5.74, 6) is 0.190. The predicted octanol–water partition coefficient (Wildman–Crippen LogP) is 6.01. The average Bonchev–Trinajstić information content (AvgIpc) is 2.98. The first kappa shape index (κ1) is 27.8. The van der Waals surface area contributed by atoms with Crippen LogP contribution in [0, 0.1) is 20.2 Å². The van der Waals surface area contributed by atoms with Crippen LogP contribution in [0.4, 0.5) is 11.4 Å². The fraction of sp³-hybridized carbons (Fsp3) is 0.133. The van der Waals surface area contributed by atoms with Crippen molar-refractivity contribution in [2.24, 2.45) is 0 Å². The molecule has 4 aromatic rings. The monoisotopic (exact) mass is 570 g/mol. The van der Waals surface area contributed by atoms with Gasteiger partial charge in [-0.15, -0.1) is 0 Å². The predicted molar refractivity (Wildman–Crippen MR) is 147 cm³/mol. The van der Waals surface area contributed by atoms with Gasteiger partial charge < -0.3 is 19.7 Å².